The number of hydrogen-bond acceptors (Lipinski definition) is 4. The summed E-state index contributed by atoms with van der Waals surface area (Å²) < 4.78 is 0. The van der Waals surface area contributed by atoms with E-state index in [0.29, 0.717) is 12.0 Å². The van der Waals surface area contributed by atoms with Gasteiger partial charge in [0.15, 0.2) is 0 Å². The first kappa shape index (κ1) is 17.5. The van der Waals surface area contributed by atoms with Gasteiger partial charge in [-0.2, -0.15) is 0 Å². The fourth-order valence-corrected chi connectivity index (χ4v) is 5.31. The zero-order valence-corrected chi connectivity index (χ0v) is 16.2. The highest BCUT2D eigenvalue weighted by Crippen LogP contribution is 2.48. The summed E-state index contributed by atoms with van der Waals surface area (Å²) in [4.78, 5) is 6.35. The number of aliphatic hydroxyl groups is 1. The maximum atomic E-state index is 9.15. The van der Waals surface area contributed by atoms with E-state index in [9.17, 15) is 0 Å². The summed E-state index contributed by atoms with van der Waals surface area (Å²) >= 11 is 8.16. The lowest BCUT2D eigenvalue weighted by Gasteiger charge is -2.38. The predicted molar refractivity (Wildman–Crippen MR) is 105 cm³/mol. The summed E-state index contributed by atoms with van der Waals surface area (Å²) in [5.74, 6) is 0.458. The Bertz CT molecular complexity index is 739. The average Bonchev–Trinajstić information content (AvgIpc) is 3.19. The van der Waals surface area contributed by atoms with Gasteiger partial charge in [-0.25, -0.2) is 0 Å². The van der Waals surface area contributed by atoms with E-state index in [0.717, 1.165) is 44.2 Å². The van der Waals surface area contributed by atoms with Crippen molar-refractivity contribution in [1.29, 1.82) is 0 Å². The first-order valence-corrected chi connectivity index (χ1v) is 10.3. The van der Waals surface area contributed by atoms with Gasteiger partial charge in [0, 0.05) is 54.6 Å². The largest absolute Gasteiger partial charge is 0.395 e. The third-order valence-electron chi connectivity index (χ3n) is 5.66. The molecule has 1 aliphatic heterocycles. The molecule has 2 heterocycles. The van der Waals surface area contributed by atoms with Crippen molar-refractivity contribution in [2.24, 2.45) is 0 Å². The smallest absolute Gasteiger partial charge is 0.0558 e. The van der Waals surface area contributed by atoms with Crippen molar-refractivity contribution in [2.45, 2.75) is 25.3 Å². The molecule has 3 nitrogen and oxygen atoms in total. The van der Waals surface area contributed by atoms with Crippen LogP contribution < -0.4 is 0 Å². The van der Waals surface area contributed by atoms with E-state index in [1.807, 2.05) is 17.4 Å². The number of benzene rings is 1. The van der Waals surface area contributed by atoms with Crippen LogP contribution >= 0.6 is 22.9 Å². The predicted octanol–water partition coefficient (Wildman–Crippen LogP) is 3.90. The molecule has 0 saturated carbocycles. The number of nitrogens with zero attached hydrogens (tertiary/aromatic N) is 2. The van der Waals surface area contributed by atoms with Crippen molar-refractivity contribution in [3.8, 4) is 0 Å². The van der Waals surface area contributed by atoms with E-state index in [1.54, 1.807) is 0 Å². The standard InChI is InChI=1S/C20H25ClN2OS/c1-14-10-15(13-25-14)18-12-20(17-3-2-16(21)11-19(17)18)23-6-4-22(5-7-23)8-9-24/h2-3,10-11,13,18,20,24H,4-9,12H2,1H3/t18-,20+/m1/s1. The second kappa shape index (κ2) is 7.37. The molecule has 0 unspecified atom stereocenters. The van der Waals surface area contributed by atoms with Crippen LogP contribution in [0.15, 0.2) is 29.6 Å². The second-order valence-electron chi connectivity index (χ2n) is 7.17. The molecule has 5 heteroatoms. The van der Waals surface area contributed by atoms with Gasteiger partial charge < -0.3 is 5.11 Å². The Morgan fingerprint density at radius 1 is 1.16 bits per heavy atom. The Morgan fingerprint density at radius 3 is 2.64 bits per heavy atom. The quantitative estimate of drug-likeness (QED) is 0.876. The number of piperazine rings is 1. The van der Waals surface area contributed by atoms with Gasteiger partial charge >= 0.3 is 0 Å². The van der Waals surface area contributed by atoms with Crippen LogP contribution in [-0.2, 0) is 0 Å². The van der Waals surface area contributed by atoms with Gasteiger partial charge in [0.1, 0.15) is 0 Å². The number of aryl methyl sites for hydroxylation is 1. The molecule has 0 bridgehead atoms. The zero-order chi connectivity index (χ0) is 17.4. The van der Waals surface area contributed by atoms with Crippen LogP contribution in [0.5, 0.6) is 0 Å². The van der Waals surface area contributed by atoms with Crippen molar-refractivity contribution in [3.05, 3.63) is 56.2 Å². The maximum Gasteiger partial charge on any atom is 0.0558 e. The van der Waals surface area contributed by atoms with Gasteiger partial charge in [0.05, 0.1) is 6.61 Å². The monoisotopic (exact) mass is 376 g/mol. The van der Waals surface area contributed by atoms with Crippen LogP contribution in [0.1, 0.15) is 39.9 Å². The molecule has 1 aliphatic carbocycles. The lowest BCUT2D eigenvalue weighted by Crippen LogP contribution is -2.48. The molecule has 1 saturated heterocycles. The molecule has 1 fully saturated rings. The summed E-state index contributed by atoms with van der Waals surface area (Å²) in [7, 11) is 0. The van der Waals surface area contributed by atoms with E-state index in [-0.39, 0.29) is 6.61 Å². The number of aliphatic hydroxyl groups excluding tert-OH is 1. The molecule has 1 N–H and O–H groups in total. The van der Waals surface area contributed by atoms with E-state index in [1.165, 1.54) is 21.6 Å². The van der Waals surface area contributed by atoms with Crippen LogP contribution in [0.4, 0.5) is 0 Å². The first-order chi connectivity index (χ1) is 12.2. The van der Waals surface area contributed by atoms with E-state index in [4.69, 9.17) is 16.7 Å². The number of β-amino-alcohol motifs (C(OH)–C–C–N with tert-alkyl or cyclic N) is 1. The molecule has 0 spiro atoms. The van der Waals surface area contributed by atoms with Crippen LogP contribution in [0, 0.1) is 6.92 Å². The summed E-state index contributed by atoms with van der Waals surface area (Å²) in [6, 6.07) is 9.27. The molecular weight excluding hydrogens is 352 g/mol. The molecule has 0 amide bonds. The van der Waals surface area contributed by atoms with Crippen LogP contribution in [0.3, 0.4) is 0 Å². The number of rotatable bonds is 4. The summed E-state index contributed by atoms with van der Waals surface area (Å²) in [5, 5.41) is 12.3. The third-order valence-corrected chi connectivity index (χ3v) is 6.77. The first-order valence-electron chi connectivity index (χ1n) is 9.07. The van der Waals surface area contributed by atoms with Gasteiger partial charge in [-0.15, -0.1) is 11.3 Å². The fourth-order valence-electron chi connectivity index (χ4n) is 4.38. The summed E-state index contributed by atoms with van der Waals surface area (Å²) in [6.45, 7) is 7.46. The topological polar surface area (TPSA) is 26.7 Å². The highest BCUT2D eigenvalue weighted by atomic mass is 35.5. The highest BCUT2D eigenvalue weighted by molar-refractivity contribution is 7.10. The number of halogens is 1. The third kappa shape index (κ3) is 3.51. The van der Waals surface area contributed by atoms with Crippen LogP contribution in [0.2, 0.25) is 5.02 Å². The minimum atomic E-state index is 0.254. The molecule has 1 aromatic carbocycles. The van der Waals surface area contributed by atoms with Crippen molar-refractivity contribution >= 4 is 22.9 Å². The number of hydrogen-bond donors (Lipinski definition) is 1. The maximum absolute atomic E-state index is 9.15. The normalized spacial score (nSPS) is 24.6. The van der Waals surface area contributed by atoms with Gasteiger partial charge in [-0.1, -0.05) is 17.7 Å². The average molecular weight is 377 g/mol. The Hall–Kier alpha value is -0.910. The van der Waals surface area contributed by atoms with Gasteiger partial charge in [0.2, 0.25) is 0 Å². The molecule has 2 atom stereocenters. The molecule has 0 radical (unpaired) electrons. The molecule has 1 aromatic heterocycles. The SMILES string of the molecule is Cc1cc([C@H]2C[C@H](N3CCN(CCO)CC3)c3ccc(Cl)cc32)cs1. The summed E-state index contributed by atoms with van der Waals surface area (Å²) in [6.07, 6.45) is 1.14. The number of thiophene rings is 1. The molecule has 25 heavy (non-hydrogen) atoms. The van der Waals surface area contributed by atoms with E-state index >= 15 is 0 Å². The highest BCUT2D eigenvalue weighted by Gasteiger charge is 2.36. The minimum Gasteiger partial charge on any atom is -0.395 e. The lowest BCUT2D eigenvalue weighted by molar-refractivity contribution is 0.0827. The van der Waals surface area contributed by atoms with Crippen molar-refractivity contribution in [2.75, 3.05) is 39.3 Å². The number of fused-ring (bicyclic) bond motifs is 1. The van der Waals surface area contributed by atoms with Crippen molar-refractivity contribution < 1.29 is 5.11 Å². The van der Waals surface area contributed by atoms with Gasteiger partial charge in [-0.3, -0.25) is 9.80 Å². The Labute approximate surface area is 158 Å². The zero-order valence-electron chi connectivity index (χ0n) is 14.6. The molecule has 2 aromatic rings. The van der Waals surface area contributed by atoms with Crippen molar-refractivity contribution in [1.82, 2.24) is 9.80 Å². The summed E-state index contributed by atoms with van der Waals surface area (Å²) in [5.41, 5.74) is 4.30. The van der Waals surface area contributed by atoms with Crippen LogP contribution in [0.25, 0.3) is 0 Å². The second-order valence-corrected chi connectivity index (χ2v) is 8.72. The lowest BCUT2D eigenvalue weighted by atomic mass is 9.95. The Balaban J connectivity index is 1.58. The Morgan fingerprint density at radius 2 is 1.96 bits per heavy atom. The molecule has 2 aliphatic rings. The minimum absolute atomic E-state index is 0.254. The van der Waals surface area contributed by atoms with E-state index < -0.39 is 0 Å². The fraction of sp³-hybridized carbons (Fsp3) is 0.500. The Kier molecular flexibility index (Phi) is 5.16. The van der Waals surface area contributed by atoms with Crippen LogP contribution in [-0.4, -0.2) is 54.2 Å². The van der Waals surface area contributed by atoms with Gasteiger partial charge in [0.25, 0.3) is 0 Å². The molecule has 134 valence electrons. The van der Waals surface area contributed by atoms with Gasteiger partial charge in [-0.05, 0) is 53.6 Å². The molecule has 4 rings (SSSR count). The van der Waals surface area contributed by atoms with Crippen molar-refractivity contribution in [3.63, 3.8) is 0 Å². The van der Waals surface area contributed by atoms with E-state index in [2.05, 4.69) is 40.3 Å². The molecular formula is C20H25ClN2OS.